The second kappa shape index (κ2) is 5.43. The van der Waals surface area contributed by atoms with E-state index in [2.05, 4.69) is 13.8 Å². The summed E-state index contributed by atoms with van der Waals surface area (Å²) in [4.78, 5) is 10.4. The Labute approximate surface area is 84.9 Å². The molecule has 0 saturated heterocycles. The third-order valence-electron chi connectivity index (χ3n) is 1.98. The van der Waals surface area contributed by atoms with Crippen LogP contribution in [0.4, 0.5) is 0 Å². The molecule has 0 atom stereocenters. The molecule has 0 saturated carbocycles. The first-order chi connectivity index (χ1) is 6.72. The lowest BCUT2D eigenvalue weighted by Gasteiger charge is -2.07. The molecule has 1 rings (SSSR count). The maximum atomic E-state index is 10.4. The molecule has 14 heavy (non-hydrogen) atoms. The van der Waals surface area contributed by atoms with E-state index in [1.807, 2.05) is 12.1 Å². The zero-order chi connectivity index (χ0) is 10.4. The Morgan fingerprint density at radius 2 is 1.93 bits per heavy atom. The number of carbonyl (C=O) groups is 1. The van der Waals surface area contributed by atoms with Crippen LogP contribution in [0, 0.1) is 5.92 Å². The summed E-state index contributed by atoms with van der Waals surface area (Å²) in [6, 6.07) is 7.17. The van der Waals surface area contributed by atoms with Crippen LogP contribution >= 0.6 is 0 Å². The lowest BCUT2D eigenvalue weighted by Crippen LogP contribution is -2.01. The first-order valence-electron chi connectivity index (χ1n) is 4.90. The largest absolute Gasteiger partial charge is 0.494 e. The summed E-state index contributed by atoms with van der Waals surface area (Å²) >= 11 is 0. The van der Waals surface area contributed by atoms with Crippen molar-refractivity contribution >= 4 is 6.29 Å². The maximum absolute atomic E-state index is 10.4. The zero-order valence-electron chi connectivity index (χ0n) is 8.69. The highest BCUT2D eigenvalue weighted by molar-refractivity contribution is 5.74. The average Bonchev–Trinajstić information content (AvgIpc) is 2.18. The Hall–Kier alpha value is -1.31. The lowest BCUT2D eigenvalue weighted by atomic mass is 10.1. The van der Waals surface area contributed by atoms with Gasteiger partial charge >= 0.3 is 0 Å². The van der Waals surface area contributed by atoms with Gasteiger partial charge in [0.15, 0.2) is 0 Å². The second-order valence-corrected chi connectivity index (χ2v) is 3.72. The molecule has 0 heterocycles. The van der Waals surface area contributed by atoms with E-state index in [0.717, 1.165) is 25.1 Å². The fraction of sp³-hybridized carbons (Fsp3) is 0.417. The zero-order valence-corrected chi connectivity index (χ0v) is 8.69. The minimum Gasteiger partial charge on any atom is -0.494 e. The van der Waals surface area contributed by atoms with Crippen molar-refractivity contribution in [1.82, 2.24) is 0 Å². The molecule has 0 aliphatic carbocycles. The molecule has 0 unspecified atom stereocenters. The van der Waals surface area contributed by atoms with Crippen LogP contribution in [0.25, 0.3) is 0 Å². The van der Waals surface area contributed by atoms with Crippen molar-refractivity contribution in [3.63, 3.8) is 0 Å². The molecule has 0 fully saturated rings. The smallest absolute Gasteiger partial charge is 0.150 e. The van der Waals surface area contributed by atoms with Gasteiger partial charge in [-0.2, -0.15) is 0 Å². The highest BCUT2D eigenvalue weighted by Gasteiger charge is 1.96. The van der Waals surface area contributed by atoms with Crippen LogP contribution in [-0.2, 0) is 0 Å². The summed E-state index contributed by atoms with van der Waals surface area (Å²) < 4.78 is 5.50. The molecule has 0 bridgehead atoms. The summed E-state index contributed by atoms with van der Waals surface area (Å²) in [6.07, 6.45) is 1.88. The van der Waals surface area contributed by atoms with E-state index < -0.39 is 0 Å². The number of carbonyl (C=O) groups excluding carboxylic acids is 1. The van der Waals surface area contributed by atoms with Crippen LogP contribution in [0.3, 0.4) is 0 Å². The molecule has 0 N–H and O–H groups in total. The van der Waals surface area contributed by atoms with Crippen molar-refractivity contribution in [3.8, 4) is 5.75 Å². The topological polar surface area (TPSA) is 26.3 Å². The molecule has 76 valence electrons. The number of ether oxygens (including phenoxy) is 1. The van der Waals surface area contributed by atoms with Gasteiger partial charge in [0, 0.05) is 5.56 Å². The van der Waals surface area contributed by atoms with Gasteiger partial charge in [-0.3, -0.25) is 4.79 Å². The van der Waals surface area contributed by atoms with Crippen molar-refractivity contribution in [2.24, 2.45) is 5.92 Å². The molecule has 0 aromatic heterocycles. The SMILES string of the molecule is CC(C)CCOc1ccc(C=O)cc1. The van der Waals surface area contributed by atoms with Crippen LogP contribution in [-0.4, -0.2) is 12.9 Å². The Morgan fingerprint density at radius 1 is 1.29 bits per heavy atom. The van der Waals surface area contributed by atoms with E-state index in [1.165, 1.54) is 0 Å². The second-order valence-electron chi connectivity index (χ2n) is 3.72. The van der Waals surface area contributed by atoms with Crippen LogP contribution in [0.1, 0.15) is 30.6 Å². The normalized spacial score (nSPS) is 10.2. The van der Waals surface area contributed by atoms with Gasteiger partial charge in [-0.1, -0.05) is 13.8 Å². The molecular weight excluding hydrogens is 176 g/mol. The minimum absolute atomic E-state index is 0.657. The third kappa shape index (κ3) is 3.60. The third-order valence-corrected chi connectivity index (χ3v) is 1.98. The van der Waals surface area contributed by atoms with Gasteiger partial charge in [0.1, 0.15) is 12.0 Å². The van der Waals surface area contributed by atoms with Crippen molar-refractivity contribution in [1.29, 1.82) is 0 Å². The molecule has 0 radical (unpaired) electrons. The predicted molar refractivity (Wildman–Crippen MR) is 56.8 cm³/mol. The van der Waals surface area contributed by atoms with E-state index in [9.17, 15) is 4.79 Å². The van der Waals surface area contributed by atoms with E-state index in [0.29, 0.717) is 11.5 Å². The molecule has 2 nitrogen and oxygen atoms in total. The van der Waals surface area contributed by atoms with E-state index in [4.69, 9.17) is 4.74 Å². The van der Waals surface area contributed by atoms with Crippen molar-refractivity contribution in [2.75, 3.05) is 6.61 Å². The van der Waals surface area contributed by atoms with Gasteiger partial charge in [-0.15, -0.1) is 0 Å². The van der Waals surface area contributed by atoms with Crippen LogP contribution < -0.4 is 4.74 Å². The first-order valence-corrected chi connectivity index (χ1v) is 4.90. The highest BCUT2D eigenvalue weighted by Crippen LogP contribution is 2.12. The van der Waals surface area contributed by atoms with Crippen molar-refractivity contribution < 1.29 is 9.53 Å². The summed E-state index contributed by atoms with van der Waals surface area (Å²) in [7, 11) is 0. The number of hydrogen-bond donors (Lipinski definition) is 0. The Morgan fingerprint density at radius 3 is 2.43 bits per heavy atom. The monoisotopic (exact) mass is 192 g/mol. The summed E-state index contributed by atoms with van der Waals surface area (Å²) in [6.45, 7) is 5.07. The summed E-state index contributed by atoms with van der Waals surface area (Å²) in [5.41, 5.74) is 0.682. The van der Waals surface area contributed by atoms with Gasteiger partial charge in [0.05, 0.1) is 6.61 Å². The van der Waals surface area contributed by atoms with Crippen LogP contribution in [0.15, 0.2) is 24.3 Å². The number of benzene rings is 1. The van der Waals surface area contributed by atoms with E-state index in [-0.39, 0.29) is 0 Å². The minimum atomic E-state index is 0.657. The van der Waals surface area contributed by atoms with Gasteiger partial charge in [0.25, 0.3) is 0 Å². The van der Waals surface area contributed by atoms with Gasteiger partial charge < -0.3 is 4.74 Å². The van der Waals surface area contributed by atoms with Crippen molar-refractivity contribution in [2.45, 2.75) is 20.3 Å². The Bertz CT molecular complexity index is 275. The highest BCUT2D eigenvalue weighted by atomic mass is 16.5. The quantitative estimate of drug-likeness (QED) is 0.670. The van der Waals surface area contributed by atoms with Crippen molar-refractivity contribution in [3.05, 3.63) is 29.8 Å². The molecule has 2 heteroatoms. The number of aldehydes is 1. The molecule has 1 aromatic carbocycles. The molecule has 0 amide bonds. The fourth-order valence-corrected chi connectivity index (χ4v) is 1.06. The van der Waals surface area contributed by atoms with Crippen LogP contribution in [0.2, 0.25) is 0 Å². The fourth-order valence-electron chi connectivity index (χ4n) is 1.06. The Kier molecular flexibility index (Phi) is 4.17. The van der Waals surface area contributed by atoms with Gasteiger partial charge in [0.2, 0.25) is 0 Å². The molecular formula is C12H16O2. The summed E-state index contributed by atoms with van der Waals surface area (Å²) in [5, 5.41) is 0. The number of rotatable bonds is 5. The number of hydrogen-bond acceptors (Lipinski definition) is 2. The molecule has 0 spiro atoms. The molecule has 0 aliphatic heterocycles. The van der Waals surface area contributed by atoms with E-state index in [1.54, 1.807) is 12.1 Å². The van der Waals surface area contributed by atoms with Crippen LogP contribution in [0.5, 0.6) is 5.75 Å². The van der Waals surface area contributed by atoms with Gasteiger partial charge in [-0.05, 0) is 36.6 Å². The van der Waals surface area contributed by atoms with E-state index >= 15 is 0 Å². The molecule has 1 aromatic rings. The standard InChI is InChI=1S/C12H16O2/c1-10(2)7-8-14-12-5-3-11(9-13)4-6-12/h3-6,9-10H,7-8H2,1-2H3. The first kappa shape index (κ1) is 10.8. The predicted octanol–water partition coefficient (Wildman–Crippen LogP) is 2.92. The maximum Gasteiger partial charge on any atom is 0.150 e. The lowest BCUT2D eigenvalue weighted by molar-refractivity contribution is 0.112. The summed E-state index contributed by atoms with van der Waals surface area (Å²) in [5.74, 6) is 1.49. The Balaban J connectivity index is 2.40. The van der Waals surface area contributed by atoms with Gasteiger partial charge in [-0.25, -0.2) is 0 Å². The average molecular weight is 192 g/mol. The molecule has 0 aliphatic rings.